The number of nitriles is 1. The van der Waals surface area contributed by atoms with E-state index in [1.165, 1.54) is 19.4 Å². The molecule has 0 amide bonds. The number of hydrogen-bond acceptors (Lipinski definition) is 4. The van der Waals surface area contributed by atoms with Gasteiger partial charge in [-0.25, -0.2) is 0 Å². The van der Waals surface area contributed by atoms with Crippen LogP contribution in [0.1, 0.15) is 25.3 Å². The Hall–Kier alpha value is -1.73. The first-order valence-corrected chi connectivity index (χ1v) is 7.36. The quantitative estimate of drug-likeness (QED) is 0.835. The molecular formula is C16H24N4. The molecule has 1 aromatic carbocycles. The largest absolute Gasteiger partial charge is 0.398 e. The van der Waals surface area contributed by atoms with Crippen molar-refractivity contribution in [1.29, 1.82) is 5.26 Å². The fourth-order valence-corrected chi connectivity index (χ4v) is 3.01. The molecule has 108 valence electrons. The summed E-state index contributed by atoms with van der Waals surface area (Å²) < 4.78 is 0. The van der Waals surface area contributed by atoms with E-state index in [0.29, 0.717) is 18.2 Å². The van der Waals surface area contributed by atoms with Crippen molar-refractivity contribution in [1.82, 2.24) is 4.90 Å². The van der Waals surface area contributed by atoms with Crippen LogP contribution >= 0.6 is 0 Å². The van der Waals surface area contributed by atoms with Crippen molar-refractivity contribution < 1.29 is 0 Å². The molecule has 0 saturated carbocycles. The lowest BCUT2D eigenvalue weighted by Gasteiger charge is -2.29. The summed E-state index contributed by atoms with van der Waals surface area (Å²) in [6.45, 7) is 5.60. The highest BCUT2D eigenvalue weighted by molar-refractivity contribution is 5.59. The molecule has 4 nitrogen and oxygen atoms in total. The molecule has 0 bridgehead atoms. The van der Waals surface area contributed by atoms with Crippen LogP contribution in [0.2, 0.25) is 0 Å². The summed E-state index contributed by atoms with van der Waals surface area (Å²) in [4.78, 5) is 4.82. The van der Waals surface area contributed by atoms with Crippen LogP contribution in [0.15, 0.2) is 18.2 Å². The number of benzene rings is 1. The molecule has 4 heteroatoms. The molecule has 0 radical (unpaired) electrons. The zero-order valence-electron chi connectivity index (χ0n) is 12.5. The standard InChI is InChI=1S/C16H24N4/c1-3-20-10-4-5-15(20)12-19(2)14-6-7-16(18)13(11-14)8-9-17/h6-7,11,15H,3-5,8,10,12,18H2,1-2H3. The normalized spacial score (nSPS) is 18.9. The van der Waals surface area contributed by atoms with Crippen LogP contribution in [0.3, 0.4) is 0 Å². The number of hydrogen-bond donors (Lipinski definition) is 1. The maximum Gasteiger partial charge on any atom is 0.0670 e. The first-order chi connectivity index (χ1) is 9.65. The van der Waals surface area contributed by atoms with Crippen LogP contribution in [-0.4, -0.2) is 37.6 Å². The predicted octanol–water partition coefficient (Wildman–Crippen LogP) is 2.26. The molecule has 0 aromatic heterocycles. The molecule has 1 heterocycles. The number of nitrogens with zero attached hydrogens (tertiary/aromatic N) is 3. The van der Waals surface area contributed by atoms with E-state index in [2.05, 4.69) is 29.8 Å². The van der Waals surface area contributed by atoms with Gasteiger partial charge in [0.05, 0.1) is 12.5 Å². The molecule has 1 atom stereocenters. The van der Waals surface area contributed by atoms with Gasteiger partial charge in [0.2, 0.25) is 0 Å². The Balaban J connectivity index is 2.07. The summed E-state index contributed by atoms with van der Waals surface area (Å²) >= 11 is 0. The molecule has 1 aromatic rings. The van der Waals surface area contributed by atoms with E-state index in [0.717, 1.165) is 24.3 Å². The number of nitrogens with two attached hydrogens (primary N) is 1. The Kier molecular flexibility index (Phi) is 4.86. The molecule has 2 N–H and O–H groups in total. The van der Waals surface area contributed by atoms with Crippen LogP contribution in [-0.2, 0) is 6.42 Å². The van der Waals surface area contributed by atoms with Gasteiger partial charge in [-0.05, 0) is 49.7 Å². The van der Waals surface area contributed by atoms with E-state index < -0.39 is 0 Å². The molecule has 1 fully saturated rings. The lowest BCUT2D eigenvalue weighted by Crippen LogP contribution is -2.38. The summed E-state index contributed by atoms with van der Waals surface area (Å²) in [5.74, 6) is 0. The second kappa shape index (κ2) is 6.62. The van der Waals surface area contributed by atoms with Gasteiger partial charge in [0.25, 0.3) is 0 Å². The lowest BCUT2D eigenvalue weighted by molar-refractivity contribution is 0.270. The minimum atomic E-state index is 0.373. The molecule has 2 rings (SSSR count). The van der Waals surface area contributed by atoms with Crippen molar-refractivity contribution in [2.75, 3.05) is 37.3 Å². The lowest BCUT2D eigenvalue weighted by atomic mass is 10.1. The van der Waals surface area contributed by atoms with E-state index in [9.17, 15) is 0 Å². The summed E-state index contributed by atoms with van der Waals surface area (Å²) in [5.41, 5.74) is 8.69. The number of rotatable bonds is 5. The second-order valence-electron chi connectivity index (χ2n) is 5.52. The average Bonchev–Trinajstić information content (AvgIpc) is 2.88. The number of likely N-dealkylation sites (tertiary alicyclic amines) is 1. The Morgan fingerprint density at radius 3 is 3.00 bits per heavy atom. The summed E-state index contributed by atoms with van der Waals surface area (Å²) in [5, 5.41) is 8.84. The smallest absolute Gasteiger partial charge is 0.0670 e. The highest BCUT2D eigenvalue weighted by Crippen LogP contribution is 2.23. The van der Waals surface area contributed by atoms with Crippen molar-refractivity contribution in [2.45, 2.75) is 32.2 Å². The Labute approximate surface area is 121 Å². The molecule has 1 saturated heterocycles. The van der Waals surface area contributed by atoms with Gasteiger partial charge < -0.3 is 10.6 Å². The van der Waals surface area contributed by atoms with Gasteiger partial charge in [-0.3, -0.25) is 4.90 Å². The van der Waals surface area contributed by atoms with Crippen molar-refractivity contribution in [3.05, 3.63) is 23.8 Å². The molecule has 0 aliphatic carbocycles. The Morgan fingerprint density at radius 2 is 2.30 bits per heavy atom. The fourth-order valence-electron chi connectivity index (χ4n) is 3.01. The number of anilines is 2. The van der Waals surface area contributed by atoms with E-state index in [1.807, 2.05) is 18.2 Å². The number of nitrogen functional groups attached to an aromatic ring is 1. The van der Waals surface area contributed by atoms with Crippen LogP contribution in [0.4, 0.5) is 11.4 Å². The maximum absolute atomic E-state index is 8.84. The molecular weight excluding hydrogens is 248 g/mol. The van der Waals surface area contributed by atoms with Gasteiger partial charge >= 0.3 is 0 Å². The van der Waals surface area contributed by atoms with Crippen LogP contribution in [0.25, 0.3) is 0 Å². The van der Waals surface area contributed by atoms with Crippen molar-refractivity contribution in [2.24, 2.45) is 0 Å². The predicted molar refractivity (Wildman–Crippen MR) is 83.7 cm³/mol. The van der Waals surface area contributed by atoms with Crippen molar-refractivity contribution in [3.8, 4) is 6.07 Å². The van der Waals surface area contributed by atoms with E-state index >= 15 is 0 Å². The minimum Gasteiger partial charge on any atom is -0.398 e. The van der Waals surface area contributed by atoms with Gasteiger partial charge in [0.1, 0.15) is 0 Å². The topological polar surface area (TPSA) is 56.3 Å². The maximum atomic E-state index is 8.84. The summed E-state index contributed by atoms with van der Waals surface area (Å²) in [6.07, 6.45) is 2.95. The van der Waals surface area contributed by atoms with Crippen molar-refractivity contribution >= 4 is 11.4 Å². The SMILES string of the molecule is CCN1CCCC1CN(C)c1ccc(N)c(CC#N)c1. The number of likely N-dealkylation sites (N-methyl/N-ethyl adjacent to an activating group) is 2. The monoisotopic (exact) mass is 272 g/mol. The molecule has 1 aliphatic rings. The van der Waals surface area contributed by atoms with E-state index in [-0.39, 0.29) is 0 Å². The summed E-state index contributed by atoms with van der Waals surface area (Å²) in [6, 6.07) is 8.81. The van der Waals surface area contributed by atoms with Gasteiger partial charge in [-0.15, -0.1) is 0 Å². The van der Waals surface area contributed by atoms with Gasteiger partial charge in [0, 0.05) is 31.0 Å². The highest BCUT2D eigenvalue weighted by atomic mass is 15.2. The first kappa shape index (κ1) is 14.7. The fraction of sp³-hybridized carbons (Fsp3) is 0.562. The second-order valence-corrected chi connectivity index (χ2v) is 5.52. The minimum absolute atomic E-state index is 0.373. The third kappa shape index (κ3) is 3.23. The molecule has 1 unspecified atom stereocenters. The van der Waals surface area contributed by atoms with E-state index in [4.69, 9.17) is 11.0 Å². The van der Waals surface area contributed by atoms with Crippen LogP contribution in [0.5, 0.6) is 0 Å². The molecule has 1 aliphatic heterocycles. The van der Waals surface area contributed by atoms with Crippen molar-refractivity contribution in [3.63, 3.8) is 0 Å². The van der Waals surface area contributed by atoms with Crippen LogP contribution in [0, 0.1) is 11.3 Å². The third-order valence-electron chi connectivity index (χ3n) is 4.23. The molecule has 20 heavy (non-hydrogen) atoms. The zero-order chi connectivity index (χ0) is 14.5. The molecule has 0 spiro atoms. The Bertz CT molecular complexity index is 492. The van der Waals surface area contributed by atoms with E-state index in [1.54, 1.807) is 0 Å². The van der Waals surface area contributed by atoms with Gasteiger partial charge in [-0.2, -0.15) is 5.26 Å². The third-order valence-corrected chi connectivity index (χ3v) is 4.23. The average molecular weight is 272 g/mol. The van der Waals surface area contributed by atoms with Gasteiger partial charge in [-0.1, -0.05) is 6.92 Å². The highest BCUT2D eigenvalue weighted by Gasteiger charge is 2.24. The van der Waals surface area contributed by atoms with Crippen LogP contribution < -0.4 is 10.6 Å². The zero-order valence-corrected chi connectivity index (χ0v) is 12.5. The van der Waals surface area contributed by atoms with Gasteiger partial charge in [0.15, 0.2) is 0 Å². The summed E-state index contributed by atoms with van der Waals surface area (Å²) in [7, 11) is 2.12. The first-order valence-electron chi connectivity index (χ1n) is 7.36. The Morgan fingerprint density at radius 1 is 1.50 bits per heavy atom.